The molecule has 0 aromatic heterocycles. The van der Waals surface area contributed by atoms with Crippen LogP contribution in [-0.2, 0) is 9.47 Å². The van der Waals surface area contributed by atoms with Gasteiger partial charge in [-0.3, -0.25) is 5.43 Å². The molecule has 24 heavy (non-hydrogen) atoms. The van der Waals surface area contributed by atoms with E-state index in [1.807, 2.05) is 0 Å². The number of benzene rings is 1. The zero-order valence-electron chi connectivity index (χ0n) is 13.7. The van der Waals surface area contributed by atoms with Crippen LogP contribution in [-0.4, -0.2) is 56.9 Å². The van der Waals surface area contributed by atoms with Gasteiger partial charge in [-0.25, -0.2) is 0 Å². The lowest BCUT2D eigenvalue weighted by molar-refractivity contribution is 0.114. The van der Waals surface area contributed by atoms with Crippen LogP contribution in [0.3, 0.4) is 0 Å². The minimum absolute atomic E-state index is 0.265. The van der Waals surface area contributed by atoms with Gasteiger partial charge in [-0.1, -0.05) is 12.1 Å². The Kier molecular flexibility index (Phi) is 6.40. The van der Waals surface area contributed by atoms with E-state index < -0.39 is 0 Å². The number of ether oxygens (including phenoxy) is 2. The van der Waals surface area contributed by atoms with Crippen molar-refractivity contribution >= 4 is 29.2 Å². The summed E-state index contributed by atoms with van der Waals surface area (Å²) in [6.45, 7) is 5.06. The lowest BCUT2D eigenvalue weighted by atomic mass is 10.2. The Balaban J connectivity index is 1.41. The van der Waals surface area contributed by atoms with Crippen LogP contribution < -0.4 is 15.6 Å². The summed E-state index contributed by atoms with van der Waals surface area (Å²) in [5.74, 6) is 0. The first kappa shape index (κ1) is 17.1. The maximum atomic E-state index is 5.54. The predicted octanol–water partition coefficient (Wildman–Crippen LogP) is 1.50. The number of hydrazone groups is 1. The van der Waals surface area contributed by atoms with E-state index >= 15 is 0 Å². The van der Waals surface area contributed by atoms with Gasteiger partial charge >= 0.3 is 0 Å². The second-order valence-corrected chi connectivity index (χ2v) is 6.31. The third kappa shape index (κ3) is 5.15. The molecule has 2 N–H and O–H groups in total. The van der Waals surface area contributed by atoms with Gasteiger partial charge in [0, 0.05) is 31.9 Å². The highest BCUT2D eigenvalue weighted by molar-refractivity contribution is 7.80. The molecular weight excluding hydrogens is 324 g/mol. The average molecular weight is 348 g/mol. The van der Waals surface area contributed by atoms with Gasteiger partial charge in [-0.05, 0) is 42.8 Å². The van der Waals surface area contributed by atoms with E-state index in [0.29, 0.717) is 5.11 Å². The lowest BCUT2D eigenvalue weighted by Gasteiger charge is -2.28. The van der Waals surface area contributed by atoms with Gasteiger partial charge in [0.2, 0.25) is 0 Å². The molecule has 2 aliphatic rings. The van der Waals surface area contributed by atoms with E-state index in [1.54, 1.807) is 6.21 Å². The molecule has 2 aliphatic heterocycles. The van der Waals surface area contributed by atoms with Gasteiger partial charge in [-0.2, -0.15) is 5.10 Å². The Morgan fingerprint density at radius 2 is 2.04 bits per heavy atom. The predicted molar refractivity (Wildman–Crippen MR) is 99.8 cm³/mol. The molecule has 0 spiro atoms. The Bertz CT molecular complexity index is 552. The average Bonchev–Trinajstić information content (AvgIpc) is 3.15. The smallest absolute Gasteiger partial charge is 0.187 e. The van der Waals surface area contributed by atoms with Crippen LogP contribution in [0.4, 0.5) is 5.69 Å². The zero-order valence-corrected chi connectivity index (χ0v) is 14.6. The van der Waals surface area contributed by atoms with Gasteiger partial charge in [0.25, 0.3) is 0 Å². The Morgan fingerprint density at radius 3 is 2.75 bits per heavy atom. The molecule has 0 bridgehead atoms. The van der Waals surface area contributed by atoms with Crippen LogP contribution in [0.2, 0.25) is 0 Å². The topological polar surface area (TPSA) is 58.1 Å². The van der Waals surface area contributed by atoms with Crippen molar-refractivity contribution in [2.24, 2.45) is 5.10 Å². The first-order valence-corrected chi connectivity index (χ1v) is 8.83. The Labute approximate surface area is 148 Å². The van der Waals surface area contributed by atoms with E-state index in [2.05, 4.69) is 45.0 Å². The molecule has 1 aromatic carbocycles. The Morgan fingerprint density at radius 1 is 1.25 bits per heavy atom. The summed E-state index contributed by atoms with van der Waals surface area (Å²) >= 11 is 5.20. The molecule has 0 unspecified atom stereocenters. The minimum Gasteiger partial charge on any atom is -0.378 e. The van der Waals surface area contributed by atoms with Crippen molar-refractivity contribution < 1.29 is 9.47 Å². The molecule has 0 saturated carbocycles. The van der Waals surface area contributed by atoms with Crippen molar-refractivity contribution in [1.29, 1.82) is 0 Å². The highest BCUT2D eigenvalue weighted by Gasteiger charge is 2.15. The number of nitrogens with one attached hydrogen (secondary N) is 2. The largest absolute Gasteiger partial charge is 0.378 e. The maximum absolute atomic E-state index is 5.54. The quantitative estimate of drug-likeness (QED) is 0.478. The number of thiocarbonyl (C=S) groups is 1. The van der Waals surface area contributed by atoms with E-state index in [4.69, 9.17) is 21.7 Å². The SMILES string of the molecule is S=C(NC[C@H]1CCCO1)N/N=C\c1ccc(N2CCOCC2)cc1. The van der Waals surface area contributed by atoms with Gasteiger partial charge < -0.3 is 19.7 Å². The number of morpholine rings is 1. The van der Waals surface area contributed by atoms with Crippen molar-refractivity contribution in [2.75, 3.05) is 44.4 Å². The van der Waals surface area contributed by atoms with Crippen molar-refractivity contribution in [1.82, 2.24) is 10.7 Å². The van der Waals surface area contributed by atoms with Crippen LogP contribution in [0.5, 0.6) is 0 Å². The zero-order chi connectivity index (χ0) is 16.6. The summed E-state index contributed by atoms with van der Waals surface area (Å²) in [6.07, 6.45) is 4.25. The van der Waals surface area contributed by atoms with E-state index in [0.717, 1.165) is 57.9 Å². The maximum Gasteiger partial charge on any atom is 0.187 e. The number of hydrogen-bond donors (Lipinski definition) is 2. The number of hydrogen-bond acceptors (Lipinski definition) is 5. The third-order valence-corrected chi connectivity index (χ3v) is 4.40. The minimum atomic E-state index is 0.265. The molecule has 1 aromatic rings. The summed E-state index contributed by atoms with van der Waals surface area (Å²) < 4.78 is 10.9. The summed E-state index contributed by atoms with van der Waals surface area (Å²) in [7, 11) is 0. The fourth-order valence-corrected chi connectivity index (χ4v) is 2.95. The standard InChI is InChI=1S/C17H24N4O2S/c24-17(18-13-16-2-1-9-23-16)20-19-12-14-3-5-15(6-4-14)21-7-10-22-11-8-21/h3-6,12,16H,1-2,7-11,13H2,(H2,18,20,24)/b19-12-/t16-/m1/s1. The van der Waals surface area contributed by atoms with Crippen molar-refractivity contribution in [3.63, 3.8) is 0 Å². The van der Waals surface area contributed by atoms with E-state index in [1.165, 1.54) is 5.69 Å². The highest BCUT2D eigenvalue weighted by Crippen LogP contribution is 2.16. The molecule has 2 fully saturated rings. The molecule has 0 aliphatic carbocycles. The van der Waals surface area contributed by atoms with Crippen LogP contribution >= 0.6 is 12.2 Å². The fraction of sp³-hybridized carbons (Fsp3) is 0.529. The van der Waals surface area contributed by atoms with Gasteiger partial charge in [0.1, 0.15) is 0 Å². The fourth-order valence-electron chi connectivity index (χ4n) is 2.81. The second kappa shape index (κ2) is 8.96. The van der Waals surface area contributed by atoms with Crippen LogP contribution in [0.25, 0.3) is 0 Å². The summed E-state index contributed by atoms with van der Waals surface area (Å²) in [5, 5.41) is 7.82. The number of rotatable bonds is 5. The van der Waals surface area contributed by atoms with Crippen LogP contribution in [0.15, 0.2) is 29.4 Å². The van der Waals surface area contributed by atoms with Crippen LogP contribution in [0.1, 0.15) is 18.4 Å². The van der Waals surface area contributed by atoms with Crippen molar-refractivity contribution in [3.05, 3.63) is 29.8 Å². The third-order valence-electron chi connectivity index (χ3n) is 4.16. The second-order valence-electron chi connectivity index (χ2n) is 5.91. The molecule has 130 valence electrons. The molecule has 0 amide bonds. The van der Waals surface area contributed by atoms with Crippen molar-refractivity contribution in [2.45, 2.75) is 18.9 Å². The lowest BCUT2D eigenvalue weighted by Crippen LogP contribution is -2.37. The van der Waals surface area contributed by atoms with E-state index in [9.17, 15) is 0 Å². The molecular formula is C17H24N4O2S. The highest BCUT2D eigenvalue weighted by atomic mass is 32.1. The summed E-state index contributed by atoms with van der Waals surface area (Å²) in [5.41, 5.74) is 5.09. The number of nitrogens with zero attached hydrogens (tertiary/aromatic N) is 2. The van der Waals surface area contributed by atoms with E-state index in [-0.39, 0.29) is 6.10 Å². The molecule has 0 radical (unpaired) electrons. The first-order chi connectivity index (χ1) is 11.8. The van der Waals surface area contributed by atoms with Gasteiger partial charge in [-0.15, -0.1) is 0 Å². The summed E-state index contributed by atoms with van der Waals surface area (Å²) in [4.78, 5) is 2.33. The normalized spacial score (nSPS) is 21.2. The van der Waals surface area contributed by atoms with Crippen LogP contribution in [0, 0.1) is 0 Å². The molecule has 6 nitrogen and oxygen atoms in total. The van der Waals surface area contributed by atoms with Crippen molar-refractivity contribution in [3.8, 4) is 0 Å². The van der Waals surface area contributed by atoms with Gasteiger partial charge in [0.15, 0.2) is 5.11 Å². The number of anilines is 1. The van der Waals surface area contributed by atoms with Gasteiger partial charge in [0.05, 0.1) is 25.5 Å². The molecule has 2 heterocycles. The Hall–Kier alpha value is -1.70. The molecule has 7 heteroatoms. The monoisotopic (exact) mass is 348 g/mol. The summed E-state index contributed by atoms with van der Waals surface area (Å²) in [6, 6.07) is 8.33. The molecule has 2 saturated heterocycles. The molecule has 1 atom stereocenters. The molecule has 3 rings (SSSR count). The first-order valence-electron chi connectivity index (χ1n) is 8.42.